The molecule has 4 heteroatoms. The van der Waals surface area contributed by atoms with Crippen molar-refractivity contribution in [3.05, 3.63) is 29.3 Å². The zero-order chi connectivity index (χ0) is 10.7. The molecular formula is C11H12BrNO2. The van der Waals surface area contributed by atoms with Gasteiger partial charge in [-0.1, -0.05) is 12.1 Å². The molecule has 15 heavy (non-hydrogen) atoms. The Balaban J connectivity index is 2.10. The molecule has 1 aromatic rings. The Morgan fingerprint density at radius 2 is 2.40 bits per heavy atom. The van der Waals surface area contributed by atoms with Crippen molar-refractivity contribution in [3.63, 3.8) is 0 Å². The fourth-order valence-electron chi connectivity index (χ4n) is 1.70. The maximum Gasteiger partial charge on any atom is 0.287 e. The van der Waals surface area contributed by atoms with Crippen LogP contribution in [0.25, 0.3) is 0 Å². The van der Waals surface area contributed by atoms with E-state index in [4.69, 9.17) is 4.74 Å². The summed E-state index contributed by atoms with van der Waals surface area (Å²) in [6, 6.07) is 6.05. The van der Waals surface area contributed by atoms with E-state index in [9.17, 15) is 4.79 Å². The van der Waals surface area contributed by atoms with Crippen molar-refractivity contribution in [2.24, 2.45) is 0 Å². The monoisotopic (exact) mass is 269 g/mol. The number of ether oxygens (including phenoxy) is 1. The molecule has 0 unspecified atom stereocenters. The van der Waals surface area contributed by atoms with Gasteiger partial charge in [0, 0.05) is 22.5 Å². The molecule has 1 aromatic carbocycles. The first kappa shape index (κ1) is 10.5. The Morgan fingerprint density at radius 3 is 3.20 bits per heavy atom. The molecule has 0 saturated carbocycles. The number of hydrogen-bond donors (Lipinski definition) is 1. The van der Waals surface area contributed by atoms with Crippen molar-refractivity contribution in [1.82, 2.24) is 5.32 Å². The second-order valence-electron chi connectivity index (χ2n) is 3.52. The fourth-order valence-corrected chi connectivity index (χ4v) is 1.84. The Hall–Kier alpha value is -1.03. The van der Waals surface area contributed by atoms with Crippen molar-refractivity contribution in [2.75, 3.05) is 6.61 Å². The van der Waals surface area contributed by atoms with Crippen LogP contribution in [-0.2, 0) is 13.0 Å². The third-order valence-corrected chi connectivity index (χ3v) is 2.68. The van der Waals surface area contributed by atoms with Gasteiger partial charge in [0.15, 0.2) is 0 Å². The topological polar surface area (TPSA) is 38.3 Å². The van der Waals surface area contributed by atoms with Crippen molar-refractivity contribution in [2.45, 2.75) is 19.4 Å². The van der Waals surface area contributed by atoms with Crippen LogP contribution in [0.1, 0.15) is 17.5 Å². The minimum atomic E-state index is -0.184. The standard InChI is InChI=1S/C11H12BrNO2/c12-11(14)13-7-8-3-4-10-9(6-8)2-1-5-15-10/h3-4,6H,1-2,5,7H2,(H,13,14). The Labute approximate surface area is 96.9 Å². The quantitative estimate of drug-likeness (QED) is 0.662. The van der Waals surface area contributed by atoms with E-state index >= 15 is 0 Å². The van der Waals surface area contributed by atoms with Crippen LogP contribution in [0.5, 0.6) is 5.75 Å². The number of benzene rings is 1. The minimum Gasteiger partial charge on any atom is -0.493 e. The Bertz CT molecular complexity index is 379. The lowest BCUT2D eigenvalue weighted by molar-refractivity contribution is 0.261. The molecule has 3 nitrogen and oxygen atoms in total. The molecule has 0 aromatic heterocycles. The normalized spacial score (nSPS) is 13.9. The first-order valence-corrected chi connectivity index (χ1v) is 5.73. The van der Waals surface area contributed by atoms with E-state index < -0.39 is 0 Å². The van der Waals surface area contributed by atoms with Crippen molar-refractivity contribution < 1.29 is 9.53 Å². The molecule has 0 bridgehead atoms. The van der Waals surface area contributed by atoms with Crippen LogP contribution in [0.3, 0.4) is 0 Å². The van der Waals surface area contributed by atoms with Gasteiger partial charge in [0.25, 0.3) is 4.82 Å². The number of nitrogens with one attached hydrogen (secondary N) is 1. The highest BCUT2D eigenvalue weighted by Gasteiger charge is 2.10. The van der Waals surface area contributed by atoms with E-state index in [0.717, 1.165) is 30.8 Å². The first-order valence-electron chi connectivity index (χ1n) is 4.93. The van der Waals surface area contributed by atoms with Crippen molar-refractivity contribution in [3.8, 4) is 5.75 Å². The number of carbonyl (C=O) groups is 1. The summed E-state index contributed by atoms with van der Waals surface area (Å²) in [5, 5.41) is 2.71. The van der Waals surface area contributed by atoms with Gasteiger partial charge in [-0.15, -0.1) is 0 Å². The Morgan fingerprint density at radius 1 is 1.53 bits per heavy atom. The van der Waals surface area contributed by atoms with Gasteiger partial charge >= 0.3 is 0 Å². The Kier molecular flexibility index (Phi) is 3.26. The summed E-state index contributed by atoms with van der Waals surface area (Å²) in [5.74, 6) is 0.982. The summed E-state index contributed by atoms with van der Waals surface area (Å²) >= 11 is 2.83. The molecule has 0 saturated heterocycles. The maximum absolute atomic E-state index is 10.7. The average Bonchev–Trinajstić information content (AvgIpc) is 2.26. The first-order chi connectivity index (χ1) is 7.25. The lowest BCUT2D eigenvalue weighted by atomic mass is 10.0. The number of fused-ring (bicyclic) bond motifs is 1. The van der Waals surface area contributed by atoms with Crippen LogP contribution in [0.2, 0.25) is 0 Å². The molecule has 0 aliphatic carbocycles. The van der Waals surface area contributed by atoms with Gasteiger partial charge in [0.05, 0.1) is 6.61 Å². The van der Waals surface area contributed by atoms with Gasteiger partial charge < -0.3 is 10.1 Å². The molecule has 0 spiro atoms. The molecule has 1 amide bonds. The highest BCUT2D eigenvalue weighted by atomic mass is 79.9. The molecule has 1 N–H and O–H groups in total. The highest BCUT2D eigenvalue weighted by Crippen LogP contribution is 2.25. The highest BCUT2D eigenvalue weighted by molar-refractivity contribution is 9.18. The minimum absolute atomic E-state index is 0.184. The van der Waals surface area contributed by atoms with Crippen molar-refractivity contribution >= 4 is 20.7 Å². The van der Waals surface area contributed by atoms with E-state index in [1.165, 1.54) is 5.56 Å². The largest absolute Gasteiger partial charge is 0.493 e. The van der Waals surface area contributed by atoms with Gasteiger partial charge in [0.1, 0.15) is 5.75 Å². The predicted molar refractivity (Wildman–Crippen MR) is 61.4 cm³/mol. The molecule has 0 atom stereocenters. The second-order valence-corrected chi connectivity index (χ2v) is 4.24. The second kappa shape index (κ2) is 4.66. The molecule has 1 aliphatic rings. The third-order valence-electron chi connectivity index (χ3n) is 2.40. The zero-order valence-corrected chi connectivity index (χ0v) is 9.84. The van der Waals surface area contributed by atoms with Gasteiger partial charge in [-0.25, -0.2) is 0 Å². The zero-order valence-electron chi connectivity index (χ0n) is 8.25. The lowest BCUT2D eigenvalue weighted by Crippen LogP contribution is -2.16. The number of carbonyl (C=O) groups excluding carboxylic acids is 1. The fraction of sp³-hybridized carbons (Fsp3) is 0.364. The van der Waals surface area contributed by atoms with E-state index in [1.807, 2.05) is 12.1 Å². The summed E-state index contributed by atoms with van der Waals surface area (Å²) in [6.45, 7) is 1.36. The number of rotatable bonds is 2. The van der Waals surface area contributed by atoms with Crippen LogP contribution in [0, 0.1) is 0 Å². The van der Waals surface area contributed by atoms with Crippen LogP contribution < -0.4 is 10.1 Å². The summed E-state index contributed by atoms with van der Waals surface area (Å²) in [7, 11) is 0. The van der Waals surface area contributed by atoms with Gasteiger partial charge in [-0.3, -0.25) is 4.79 Å². The van der Waals surface area contributed by atoms with Gasteiger partial charge in [-0.2, -0.15) is 0 Å². The molecule has 80 valence electrons. The molecule has 0 radical (unpaired) electrons. The summed E-state index contributed by atoms with van der Waals surface area (Å²) in [5.41, 5.74) is 2.34. The summed E-state index contributed by atoms with van der Waals surface area (Å²) in [4.78, 5) is 10.5. The van der Waals surface area contributed by atoms with E-state index in [2.05, 4.69) is 27.3 Å². The predicted octanol–water partition coefficient (Wildman–Crippen LogP) is 2.62. The van der Waals surface area contributed by atoms with Gasteiger partial charge in [0.2, 0.25) is 0 Å². The number of halogens is 1. The SMILES string of the molecule is O=C(Br)NCc1ccc2c(c1)CCCO2. The third kappa shape index (κ3) is 2.72. The smallest absolute Gasteiger partial charge is 0.287 e. The van der Waals surface area contributed by atoms with Crippen LogP contribution >= 0.6 is 15.9 Å². The van der Waals surface area contributed by atoms with E-state index in [0.29, 0.717) is 6.54 Å². The van der Waals surface area contributed by atoms with E-state index in [1.54, 1.807) is 0 Å². The molecular weight excluding hydrogens is 258 g/mol. The number of hydrogen-bond acceptors (Lipinski definition) is 2. The summed E-state index contributed by atoms with van der Waals surface area (Å²) in [6.07, 6.45) is 2.13. The number of aryl methyl sites for hydroxylation is 1. The van der Waals surface area contributed by atoms with Crippen LogP contribution in [-0.4, -0.2) is 11.4 Å². The maximum atomic E-state index is 10.7. The van der Waals surface area contributed by atoms with Crippen LogP contribution in [0.4, 0.5) is 4.79 Å². The lowest BCUT2D eigenvalue weighted by Gasteiger charge is -2.17. The average molecular weight is 270 g/mol. The molecule has 1 aliphatic heterocycles. The summed E-state index contributed by atoms with van der Waals surface area (Å²) < 4.78 is 5.51. The number of amides is 1. The van der Waals surface area contributed by atoms with E-state index in [-0.39, 0.29) is 4.82 Å². The molecule has 0 fully saturated rings. The van der Waals surface area contributed by atoms with Crippen molar-refractivity contribution in [1.29, 1.82) is 0 Å². The molecule has 1 heterocycles. The van der Waals surface area contributed by atoms with Crippen LogP contribution in [0.15, 0.2) is 18.2 Å². The van der Waals surface area contributed by atoms with Gasteiger partial charge in [-0.05, 0) is 30.0 Å². The molecule has 2 rings (SSSR count).